The number of benzene rings is 1. The number of anilines is 1. The van der Waals surface area contributed by atoms with Crippen molar-refractivity contribution < 1.29 is 13.9 Å². The standard InChI is InChI=1S/C24H25FN4O2/c25-19-5-3-18(4-6-19)24(10-1-11-24)31-16-23(30)28-14-20-7-8-21(15-28)29(20)22-9-2-17(12-26)13-27-22/h2-6,9,13,20-21H,1,7-8,10-11,14-16H2/t20-,21?/m0/s1. The summed E-state index contributed by atoms with van der Waals surface area (Å²) in [6, 6.07) is 12.7. The summed E-state index contributed by atoms with van der Waals surface area (Å²) in [4.78, 5) is 21.7. The zero-order valence-corrected chi connectivity index (χ0v) is 17.3. The van der Waals surface area contributed by atoms with Gasteiger partial charge in [0.1, 0.15) is 24.3 Å². The molecule has 1 aromatic heterocycles. The highest BCUT2D eigenvalue weighted by molar-refractivity contribution is 5.78. The number of carbonyl (C=O) groups is 1. The van der Waals surface area contributed by atoms with Gasteiger partial charge in [-0.1, -0.05) is 12.1 Å². The van der Waals surface area contributed by atoms with Crippen molar-refractivity contribution in [2.24, 2.45) is 0 Å². The lowest BCUT2D eigenvalue weighted by Crippen LogP contribution is -2.56. The predicted molar refractivity (Wildman–Crippen MR) is 113 cm³/mol. The number of amides is 1. The number of halogens is 1. The van der Waals surface area contributed by atoms with Crippen molar-refractivity contribution in [3.8, 4) is 6.07 Å². The molecule has 6 nitrogen and oxygen atoms in total. The zero-order valence-electron chi connectivity index (χ0n) is 17.3. The highest BCUT2D eigenvalue weighted by Crippen LogP contribution is 2.45. The van der Waals surface area contributed by atoms with Crippen LogP contribution in [0.2, 0.25) is 0 Å². The first-order chi connectivity index (χ1) is 15.1. The molecule has 0 N–H and O–H groups in total. The molecule has 0 radical (unpaired) electrons. The van der Waals surface area contributed by atoms with Gasteiger partial charge in [-0.3, -0.25) is 4.79 Å². The molecule has 7 heteroatoms. The number of ether oxygens (including phenoxy) is 1. The highest BCUT2D eigenvalue weighted by Gasteiger charge is 2.44. The van der Waals surface area contributed by atoms with Gasteiger partial charge in [-0.15, -0.1) is 0 Å². The van der Waals surface area contributed by atoms with E-state index in [1.165, 1.54) is 12.1 Å². The molecule has 2 saturated heterocycles. The third-order valence-corrected chi connectivity index (χ3v) is 6.98. The van der Waals surface area contributed by atoms with E-state index in [9.17, 15) is 9.18 Å². The van der Waals surface area contributed by atoms with E-state index in [2.05, 4.69) is 16.0 Å². The number of fused-ring (bicyclic) bond motifs is 2. The summed E-state index contributed by atoms with van der Waals surface area (Å²) in [6.45, 7) is 1.36. The predicted octanol–water partition coefficient (Wildman–Crippen LogP) is 3.37. The van der Waals surface area contributed by atoms with Gasteiger partial charge in [-0.05, 0) is 61.9 Å². The van der Waals surface area contributed by atoms with Crippen molar-refractivity contribution in [3.05, 3.63) is 59.5 Å². The van der Waals surface area contributed by atoms with Crippen molar-refractivity contribution in [1.82, 2.24) is 9.88 Å². The fraction of sp³-hybridized carbons (Fsp3) is 0.458. The second-order valence-corrected chi connectivity index (χ2v) is 8.75. The van der Waals surface area contributed by atoms with Crippen molar-refractivity contribution in [2.75, 3.05) is 24.6 Å². The molecular formula is C24H25FN4O2. The molecule has 5 rings (SSSR count). The van der Waals surface area contributed by atoms with E-state index in [1.54, 1.807) is 24.4 Å². The molecule has 3 heterocycles. The monoisotopic (exact) mass is 420 g/mol. The molecule has 2 bridgehead atoms. The van der Waals surface area contributed by atoms with Gasteiger partial charge < -0.3 is 14.5 Å². The fourth-order valence-electron chi connectivity index (χ4n) is 5.14. The Kier molecular flexibility index (Phi) is 5.11. The Hall–Kier alpha value is -2.98. The van der Waals surface area contributed by atoms with Gasteiger partial charge >= 0.3 is 0 Å². The van der Waals surface area contributed by atoms with Crippen LogP contribution in [0.3, 0.4) is 0 Å². The van der Waals surface area contributed by atoms with E-state index in [1.807, 2.05) is 11.0 Å². The first-order valence-corrected chi connectivity index (χ1v) is 10.9. The van der Waals surface area contributed by atoms with Crippen LogP contribution in [0, 0.1) is 17.1 Å². The number of rotatable bonds is 5. The minimum absolute atomic E-state index is 0.0118. The summed E-state index contributed by atoms with van der Waals surface area (Å²) in [5, 5.41) is 8.99. The van der Waals surface area contributed by atoms with Crippen LogP contribution < -0.4 is 4.90 Å². The molecule has 0 spiro atoms. The fourth-order valence-corrected chi connectivity index (χ4v) is 5.14. The molecule has 160 valence electrons. The number of hydrogen-bond acceptors (Lipinski definition) is 5. The van der Waals surface area contributed by atoms with Crippen LogP contribution in [0.5, 0.6) is 0 Å². The molecular weight excluding hydrogens is 395 g/mol. The van der Waals surface area contributed by atoms with Crippen molar-refractivity contribution >= 4 is 11.7 Å². The van der Waals surface area contributed by atoms with Crippen LogP contribution in [0.25, 0.3) is 0 Å². The maximum atomic E-state index is 13.3. The Balaban J connectivity index is 1.22. The van der Waals surface area contributed by atoms with Gasteiger partial charge in [0.15, 0.2) is 0 Å². The van der Waals surface area contributed by atoms with E-state index < -0.39 is 5.60 Å². The minimum Gasteiger partial charge on any atom is -0.360 e. The first-order valence-electron chi connectivity index (χ1n) is 10.9. The van der Waals surface area contributed by atoms with E-state index in [0.29, 0.717) is 18.7 Å². The van der Waals surface area contributed by atoms with Crippen LogP contribution in [0.1, 0.15) is 43.2 Å². The lowest BCUT2D eigenvalue weighted by atomic mass is 9.75. The van der Waals surface area contributed by atoms with E-state index in [0.717, 1.165) is 43.5 Å². The van der Waals surface area contributed by atoms with E-state index >= 15 is 0 Å². The van der Waals surface area contributed by atoms with Crippen molar-refractivity contribution in [3.63, 3.8) is 0 Å². The average Bonchev–Trinajstić information content (AvgIpc) is 3.03. The summed E-state index contributed by atoms with van der Waals surface area (Å²) in [5.41, 5.74) is 1.04. The first kappa shape index (κ1) is 20.0. The molecule has 1 aromatic carbocycles. The van der Waals surface area contributed by atoms with Crippen LogP contribution in [-0.4, -0.2) is 47.6 Å². The molecule has 31 heavy (non-hydrogen) atoms. The SMILES string of the molecule is N#Cc1ccc(N2C3CC[C@H]2CN(C(=O)COC2(c4ccc(F)cc4)CCC2)C3)nc1. The quantitative estimate of drug-likeness (QED) is 0.742. The van der Waals surface area contributed by atoms with Crippen molar-refractivity contribution in [1.29, 1.82) is 5.26 Å². The average molecular weight is 420 g/mol. The summed E-state index contributed by atoms with van der Waals surface area (Å²) >= 11 is 0. The van der Waals surface area contributed by atoms with Crippen LogP contribution >= 0.6 is 0 Å². The maximum Gasteiger partial charge on any atom is 0.248 e. The van der Waals surface area contributed by atoms with Gasteiger partial charge in [0.25, 0.3) is 0 Å². The highest BCUT2D eigenvalue weighted by atomic mass is 19.1. The van der Waals surface area contributed by atoms with Gasteiger partial charge in [0, 0.05) is 31.4 Å². The zero-order chi connectivity index (χ0) is 21.4. The Morgan fingerprint density at radius 2 is 1.87 bits per heavy atom. The van der Waals surface area contributed by atoms with Crippen LogP contribution in [0.15, 0.2) is 42.6 Å². The van der Waals surface area contributed by atoms with Gasteiger partial charge in [0.05, 0.1) is 11.2 Å². The smallest absolute Gasteiger partial charge is 0.248 e. The van der Waals surface area contributed by atoms with Crippen LogP contribution in [0.4, 0.5) is 10.2 Å². The Bertz CT molecular complexity index is 984. The summed E-state index contributed by atoms with van der Waals surface area (Å²) in [5.74, 6) is 0.622. The number of nitriles is 1. The van der Waals surface area contributed by atoms with Gasteiger partial charge in [0.2, 0.25) is 5.91 Å². The second kappa shape index (κ2) is 7.93. The van der Waals surface area contributed by atoms with Gasteiger partial charge in [-0.25, -0.2) is 9.37 Å². The molecule has 2 aliphatic heterocycles. The summed E-state index contributed by atoms with van der Waals surface area (Å²) in [6.07, 6.45) is 6.41. The Morgan fingerprint density at radius 3 is 2.42 bits per heavy atom. The number of carbonyl (C=O) groups excluding carboxylic acids is 1. The Morgan fingerprint density at radius 1 is 1.16 bits per heavy atom. The molecule has 3 fully saturated rings. The largest absolute Gasteiger partial charge is 0.360 e. The molecule has 2 atom stereocenters. The normalized spacial score (nSPS) is 23.9. The number of nitrogens with zero attached hydrogens (tertiary/aromatic N) is 4. The number of likely N-dealkylation sites (tertiary alicyclic amines) is 1. The molecule has 1 aliphatic carbocycles. The number of pyridine rings is 1. The van der Waals surface area contributed by atoms with Crippen molar-refractivity contribution in [2.45, 2.75) is 49.8 Å². The molecule has 1 unspecified atom stereocenters. The van der Waals surface area contributed by atoms with E-state index in [-0.39, 0.29) is 30.4 Å². The lowest BCUT2D eigenvalue weighted by molar-refractivity contribution is -0.154. The Labute approximate surface area is 181 Å². The maximum absolute atomic E-state index is 13.3. The molecule has 1 amide bonds. The molecule has 2 aromatic rings. The number of hydrogen-bond donors (Lipinski definition) is 0. The van der Waals surface area contributed by atoms with Gasteiger partial charge in [-0.2, -0.15) is 5.26 Å². The topological polar surface area (TPSA) is 69.5 Å². The minimum atomic E-state index is -0.462. The lowest BCUT2D eigenvalue weighted by Gasteiger charge is -2.44. The third-order valence-electron chi connectivity index (χ3n) is 6.98. The second-order valence-electron chi connectivity index (χ2n) is 8.75. The number of aromatic nitrogens is 1. The number of piperazine rings is 1. The summed E-state index contributed by atoms with van der Waals surface area (Å²) in [7, 11) is 0. The van der Waals surface area contributed by atoms with Crippen LogP contribution in [-0.2, 0) is 15.1 Å². The molecule has 3 aliphatic rings. The summed E-state index contributed by atoms with van der Waals surface area (Å²) < 4.78 is 19.5. The third kappa shape index (κ3) is 3.66. The molecule has 1 saturated carbocycles. The van der Waals surface area contributed by atoms with E-state index in [4.69, 9.17) is 10.00 Å².